The standard InChI is InChI=1S/C14H16BrNO3S/c1-3-19-9-14(8-16)12(13(14)20(2,17)18)10-4-6-11(15)7-5-10/h4-7,12-13H,3,9H2,1-2H3/t12-,13-,14+/m0/s1. The molecule has 0 unspecified atom stereocenters. The van der Waals surface area contributed by atoms with Crippen LogP contribution < -0.4 is 0 Å². The van der Waals surface area contributed by atoms with Crippen LogP contribution in [0.25, 0.3) is 0 Å². The third-order valence-electron chi connectivity index (χ3n) is 3.70. The quantitative estimate of drug-likeness (QED) is 0.811. The maximum atomic E-state index is 12.0. The number of sulfone groups is 1. The van der Waals surface area contributed by atoms with Crippen LogP contribution in [0.1, 0.15) is 18.4 Å². The fourth-order valence-corrected chi connectivity index (χ4v) is 4.90. The molecule has 0 aliphatic heterocycles. The Morgan fingerprint density at radius 3 is 2.45 bits per heavy atom. The number of ether oxygens (including phenoxy) is 1. The number of nitrogens with zero attached hydrogens (tertiary/aromatic N) is 1. The molecule has 0 spiro atoms. The summed E-state index contributed by atoms with van der Waals surface area (Å²) in [7, 11) is -3.30. The number of nitriles is 1. The summed E-state index contributed by atoms with van der Waals surface area (Å²) in [6.07, 6.45) is 1.19. The second kappa shape index (κ2) is 5.47. The molecule has 0 amide bonds. The van der Waals surface area contributed by atoms with Gasteiger partial charge in [-0.3, -0.25) is 0 Å². The maximum absolute atomic E-state index is 12.0. The SMILES string of the molecule is CCOC[C@]1(C#N)[C@@H](c2ccc(Br)cc2)[C@@H]1S(C)(=O)=O. The summed E-state index contributed by atoms with van der Waals surface area (Å²) in [5.74, 6) is -0.317. The van der Waals surface area contributed by atoms with Gasteiger partial charge in [-0.25, -0.2) is 8.42 Å². The van der Waals surface area contributed by atoms with Crippen molar-refractivity contribution in [3.05, 3.63) is 34.3 Å². The Hall–Kier alpha value is -0.900. The van der Waals surface area contributed by atoms with Crippen LogP contribution in [-0.2, 0) is 14.6 Å². The van der Waals surface area contributed by atoms with Crippen molar-refractivity contribution < 1.29 is 13.2 Å². The van der Waals surface area contributed by atoms with Crippen LogP contribution in [0.15, 0.2) is 28.7 Å². The lowest BCUT2D eigenvalue weighted by Gasteiger charge is -2.08. The van der Waals surface area contributed by atoms with Crippen molar-refractivity contribution in [1.29, 1.82) is 5.26 Å². The Morgan fingerprint density at radius 2 is 2.00 bits per heavy atom. The van der Waals surface area contributed by atoms with Gasteiger partial charge < -0.3 is 4.74 Å². The van der Waals surface area contributed by atoms with E-state index < -0.39 is 20.5 Å². The van der Waals surface area contributed by atoms with E-state index in [2.05, 4.69) is 22.0 Å². The van der Waals surface area contributed by atoms with Gasteiger partial charge in [0.25, 0.3) is 0 Å². The number of hydrogen-bond donors (Lipinski definition) is 0. The van der Waals surface area contributed by atoms with Crippen molar-refractivity contribution in [2.45, 2.75) is 18.1 Å². The number of halogens is 1. The molecule has 3 atom stereocenters. The maximum Gasteiger partial charge on any atom is 0.152 e. The Bertz CT molecular complexity index is 635. The molecule has 6 heteroatoms. The van der Waals surface area contributed by atoms with Gasteiger partial charge in [-0.15, -0.1) is 0 Å². The highest BCUT2D eigenvalue weighted by Crippen LogP contribution is 2.62. The molecule has 0 radical (unpaired) electrons. The van der Waals surface area contributed by atoms with E-state index in [4.69, 9.17) is 4.74 Å². The smallest absolute Gasteiger partial charge is 0.152 e. The lowest BCUT2D eigenvalue weighted by Crippen LogP contribution is -2.18. The van der Waals surface area contributed by atoms with E-state index in [-0.39, 0.29) is 12.5 Å². The number of rotatable bonds is 5. The van der Waals surface area contributed by atoms with E-state index >= 15 is 0 Å². The van der Waals surface area contributed by atoms with Crippen LogP contribution in [0.2, 0.25) is 0 Å². The fourth-order valence-electron chi connectivity index (χ4n) is 2.78. The molecule has 0 N–H and O–H groups in total. The molecule has 1 aromatic carbocycles. The first-order valence-corrected chi connectivity index (χ1v) is 9.05. The molecule has 20 heavy (non-hydrogen) atoms. The van der Waals surface area contributed by atoms with Gasteiger partial charge in [0.15, 0.2) is 9.84 Å². The van der Waals surface area contributed by atoms with Gasteiger partial charge in [-0.2, -0.15) is 5.26 Å². The van der Waals surface area contributed by atoms with Crippen LogP contribution in [0.5, 0.6) is 0 Å². The number of benzene rings is 1. The minimum Gasteiger partial charge on any atom is -0.380 e. The van der Waals surface area contributed by atoms with Gasteiger partial charge in [0, 0.05) is 23.3 Å². The summed E-state index contributed by atoms with van der Waals surface area (Å²) in [4.78, 5) is 0. The normalized spacial score (nSPS) is 28.9. The monoisotopic (exact) mass is 357 g/mol. The first-order chi connectivity index (χ1) is 9.36. The molecule has 2 rings (SSSR count). The molecule has 1 aliphatic rings. The van der Waals surface area contributed by atoms with Crippen LogP contribution in [0.4, 0.5) is 0 Å². The van der Waals surface area contributed by atoms with Crippen LogP contribution in [0.3, 0.4) is 0 Å². The van der Waals surface area contributed by atoms with Crippen molar-refractivity contribution in [1.82, 2.24) is 0 Å². The average molecular weight is 358 g/mol. The van der Waals surface area contributed by atoms with Crippen LogP contribution in [0, 0.1) is 16.7 Å². The zero-order valence-corrected chi connectivity index (χ0v) is 13.7. The number of hydrogen-bond acceptors (Lipinski definition) is 4. The van der Waals surface area contributed by atoms with Crippen molar-refractivity contribution in [2.75, 3.05) is 19.5 Å². The zero-order chi connectivity index (χ0) is 15.0. The molecule has 0 bridgehead atoms. The third-order valence-corrected chi connectivity index (χ3v) is 5.84. The summed E-state index contributed by atoms with van der Waals surface area (Å²) in [5.41, 5.74) is -0.0953. The minimum absolute atomic E-state index is 0.151. The molecular formula is C14H16BrNO3S. The molecule has 4 nitrogen and oxygen atoms in total. The highest BCUT2D eigenvalue weighted by molar-refractivity contribution is 9.10. The second-order valence-electron chi connectivity index (χ2n) is 5.07. The topological polar surface area (TPSA) is 67.2 Å². The predicted octanol–water partition coefficient (Wildman–Crippen LogP) is 2.51. The second-order valence-corrected chi connectivity index (χ2v) is 8.15. The van der Waals surface area contributed by atoms with E-state index in [0.29, 0.717) is 6.61 Å². The highest BCUT2D eigenvalue weighted by atomic mass is 79.9. The molecule has 1 aromatic rings. The van der Waals surface area contributed by atoms with Gasteiger partial charge in [-0.1, -0.05) is 28.1 Å². The summed E-state index contributed by atoms with van der Waals surface area (Å²) in [6.45, 7) is 2.45. The Balaban J connectivity index is 2.40. The molecule has 1 aliphatic carbocycles. The largest absolute Gasteiger partial charge is 0.380 e. The molecule has 1 fully saturated rings. The molecular weight excluding hydrogens is 342 g/mol. The Morgan fingerprint density at radius 1 is 1.40 bits per heavy atom. The first-order valence-electron chi connectivity index (χ1n) is 6.30. The predicted molar refractivity (Wildman–Crippen MR) is 80.1 cm³/mol. The summed E-state index contributed by atoms with van der Waals surface area (Å²) in [5, 5.41) is 8.81. The van der Waals surface area contributed by atoms with Crippen molar-refractivity contribution in [2.24, 2.45) is 5.41 Å². The van der Waals surface area contributed by atoms with Crippen molar-refractivity contribution >= 4 is 25.8 Å². The third kappa shape index (κ3) is 2.62. The first kappa shape index (κ1) is 15.5. The van der Waals surface area contributed by atoms with Gasteiger partial charge in [0.2, 0.25) is 0 Å². The Kier molecular flexibility index (Phi) is 4.24. The van der Waals surface area contributed by atoms with E-state index in [1.807, 2.05) is 31.2 Å². The Labute approximate surface area is 127 Å². The van der Waals surface area contributed by atoms with E-state index in [9.17, 15) is 13.7 Å². The molecule has 0 saturated heterocycles. The van der Waals surface area contributed by atoms with Crippen molar-refractivity contribution in [3.63, 3.8) is 0 Å². The fraction of sp³-hybridized carbons (Fsp3) is 0.500. The van der Waals surface area contributed by atoms with Crippen LogP contribution in [-0.4, -0.2) is 33.1 Å². The van der Waals surface area contributed by atoms with Gasteiger partial charge in [0.05, 0.1) is 17.9 Å². The molecule has 1 saturated carbocycles. The highest BCUT2D eigenvalue weighted by Gasteiger charge is 2.71. The lowest BCUT2D eigenvalue weighted by atomic mass is 10.0. The minimum atomic E-state index is -3.30. The summed E-state index contributed by atoms with van der Waals surface area (Å²) in [6, 6.07) is 9.62. The van der Waals surface area contributed by atoms with Gasteiger partial charge in [0.1, 0.15) is 5.41 Å². The van der Waals surface area contributed by atoms with E-state index in [0.717, 1.165) is 10.0 Å². The lowest BCUT2D eigenvalue weighted by molar-refractivity contribution is 0.117. The van der Waals surface area contributed by atoms with Gasteiger partial charge in [-0.05, 0) is 24.6 Å². The molecule has 0 aromatic heterocycles. The average Bonchev–Trinajstić information content (AvgIpc) is 3.07. The van der Waals surface area contributed by atoms with Crippen LogP contribution >= 0.6 is 15.9 Å². The van der Waals surface area contributed by atoms with E-state index in [1.54, 1.807) is 0 Å². The molecule has 0 heterocycles. The summed E-state index contributed by atoms with van der Waals surface area (Å²) >= 11 is 3.35. The van der Waals surface area contributed by atoms with E-state index in [1.165, 1.54) is 6.26 Å². The molecule has 108 valence electrons. The van der Waals surface area contributed by atoms with Crippen molar-refractivity contribution in [3.8, 4) is 6.07 Å². The summed E-state index contributed by atoms with van der Waals surface area (Å²) < 4.78 is 30.2. The van der Waals surface area contributed by atoms with Gasteiger partial charge >= 0.3 is 0 Å². The zero-order valence-electron chi connectivity index (χ0n) is 11.3.